The highest BCUT2D eigenvalue weighted by atomic mass is 16.1. The van der Waals surface area contributed by atoms with E-state index in [0.717, 1.165) is 43.9 Å². The summed E-state index contributed by atoms with van der Waals surface area (Å²) in [5.74, 6) is 1.92. The Morgan fingerprint density at radius 1 is 1.42 bits per heavy atom. The first-order valence-corrected chi connectivity index (χ1v) is 8.23. The summed E-state index contributed by atoms with van der Waals surface area (Å²) in [5, 5.41) is 2.62. The van der Waals surface area contributed by atoms with E-state index in [4.69, 9.17) is 0 Å². The monoisotopic (exact) mass is 326 g/mol. The summed E-state index contributed by atoms with van der Waals surface area (Å²) in [4.78, 5) is 31.2. The highest BCUT2D eigenvalue weighted by Gasteiger charge is 2.22. The van der Waals surface area contributed by atoms with Crippen molar-refractivity contribution in [3.63, 3.8) is 0 Å². The summed E-state index contributed by atoms with van der Waals surface area (Å²) in [6.07, 6.45) is 6.48. The van der Waals surface area contributed by atoms with Crippen LogP contribution in [0, 0.1) is 12.8 Å². The Kier molecular flexibility index (Phi) is 4.98. The van der Waals surface area contributed by atoms with Crippen LogP contribution in [0.1, 0.15) is 34.8 Å². The lowest BCUT2D eigenvalue weighted by Crippen LogP contribution is -2.37. The smallest absolute Gasteiger partial charge is 0.269 e. The molecule has 1 N–H and O–H groups in total. The number of carbonyl (C=O) groups excluding carboxylic acids is 1. The second-order valence-electron chi connectivity index (χ2n) is 6.10. The lowest BCUT2D eigenvalue weighted by molar-refractivity contribution is 0.0957. The highest BCUT2D eigenvalue weighted by molar-refractivity contribution is 5.92. The topological polar surface area (TPSA) is 83.9 Å². The van der Waals surface area contributed by atoms with Crippen LogP contribution in [0.3, 0.4) is 0 Å². The quantitative estimate of drug-likeness (QED) is 0.914. The number of carbonyl (C=O) groups is 1. The SMILES string of the molecule is CNC(=O)c1cc(C[C@@H]2CCCN(c3ccncn3)C2)nc(C)n1. The Labute approximate surface area is 141 Å². The molecule has 3 rings (SSSR count). The van der Waals surface area contributed by atoms with Gasteiger partial charge in [0, 0.05) is 32.0 Å². The molecule has 0 spiro atoms. The predicted molar refractivity (Wildman–Crippen MR) is 90.8 cm³/mol. The minimum atomic E-state index is -0.173. The minimum absolute atomic E-state index is 0.173. The van der Waals surface area contributed by atoms with Crippen LogP contribution in [-0.2, 0) is 6.42 Å². The number of nitrogens with zero attached hydrogens (tertiary/aromatic N) is 5. The van der Waals surface area contributed by atoms with Gasteiger partial charge in [0.2, 0.25) is 0 Å². The van der Waals surface area contributed by atoms with Crippen molar-refractivity contribution in [3.05, 3.63) is 41.9 Å². The molecule has 2 aromatic rings. The number of amides is 1. The Bertz CT molecular complexity index is 705. The molecule has 0 unspecified atom stereocenters. The second-order valence-corrected chi connectivity index (χ2v) is 6.10. The van der Waals surface area contributed by atoms with Crippen LogP contribution in [0.5, 0.6) is 0 Å². The van der Waals surface area contributed by atoms with Crippen molar-refractivity contribution in [1.82, 2.24) is 25.3 Å². The van der Waals surface area contributed by atoms with Gasteiger partial charge in [-0.05, 0) is 44.2 Å². The standard InChI is InChI=1S/C17H22N6O/c1-12-21-14(9-15(22-12)17(24)18-2)8-13-4-3-7-23(10-13)16-5-6-19-11-20-16/h5-6,9,11,13H,3-4,7-8,10H2,1-2H3,(H,18,24)/t13-/m0/s1. The van der Waals surface area contributed by atoms with E-state index in [1.165, 1.54) is 0 Å². The van der Waals surface area contributed by atoms with Gasteiger partial charge in [0.25, 0.3) is 5.91 Å². The summed E-state index contributed by atoms with van der Waals surface area (Å²) in [5.41, 5.74) is 1.36. The van der Waals surface area contributed by atoms with Crippen LogP contribution in [0.15, 0.2) is 24.7 Å². The van der Waals surface area contributed by atoms with Gasteiger partial charge >= 0.3 is 0 Å². The first-order chi connectivity index (χ1) is 11.7. The predicted octanol–water partition coefficient (Wildman–Crippen LogP) is 1.39. The van der Waals surface area contributed by atoms with E-state index in [-0.39, 0.29) is 5.91 Å². The number of aryl methyl sites for hydroxylation is 1. The maximum atomic E-state index is 11.8. The maximum Gasteiger partial charge on any atom is 0.269 e. The molecule has 1 saturated heterocycles. The lowest BCUT2D eigenvalue weighted by atomic mass is 9.93. The lowest BCUT2D eigenvalue weighted by Gasteiger charge is -2.33. The molecule has 0 bridgehead atoms. The molecule has 0 aliphatic carbocycles. The van der Waals surface area contributed by atoms with Crippen molar-refractivity contribution in [2.45, 2.75) is 26.2 Å². The average Bonchev–Trinajstić information content (AvgIpc) is 2.61. The van der Waals surface area contributed by atoms with Gasteiger partial charge in [0.15, 0.2) is 0 Å². The van der Waals surface area contributed by atoms with Gasteiger partial charge in [-0.1, -0.05) is 0 Å². The number of hydrogen-bond acceptors (Lipinski definition) is 6. The summed E-state index contributed by atoms with van der Waals surface area (Å²) in [7, 11) is 1.61. The van der Waals surface area contributed by atoms with Crippen molar-refractivity contribution < 1.29 is 4.79 Å². The van der Waals surface area contributed by atoms with Crippen molar-refractivity contribution >= 4 is 11.7 Å². The summed E-state index contributed by atoms with van der Waals surface area (Å²) < 4.78 is 0. The van der Waals surface area contributed by atoms with E-state index in [0.29, 0.717) is 17.4 Å². The van der Waals surface area contributed by atoms with E-state index in [1.807, 2.05) is 13.0 Å². The maximum absolute atomic E-state index is 11.8. The Morgan fingerprint density at radius 3 is 3.04 bits per heavy atom. The van der Waals surface area contributed by atoms with Crippen molar-refractivity contribution in [2.24, 2.45) is 5.92 Å². The molecule has 3 heterocycles. The molecule has 1 atom stereocenters. The van der Waals surface area contributed by atoms with E-state index in [2.05, 4.69) is 30.2 Å². The molecule has 24 heavy (non-hydrogen) atoms. The van der Waals surface area contributed by atoms with Crippen LogP contribution in [0.4, 0.5) is 5.82 Å². The fourth-order valence-corrected chi connectivity index (χ4v) is 3.18. The molecule has 7 heteroatoms. The first-order valence-electron chi connectivity index (χ1n) is 8.23. The van der Waals surface area contributed by atoms with E-state index < -0.39 is 0 Å². The normalized spacial score (nSPS) is 17.6. The number of nitrogens with one attached hydrogen (secondary N) is 1. The van der Waals surface area contributed by atoms with Crippen molar-refractivity contribution in [2.75, 3.05) is 25.0 Å². The number of aromatic nitrogens is 4. The van der Waals surface area contributed by atoms with Crippen LogP contribution >= 0.6 is 0 Å². The van der Waals surface area contributed by atoms with Gasteiger partial charge in [-0.15, -0.1) is 0 Å². The van der Waals surface area contributed by atoms with E-state index in [1.54, 1.807) is 25.6 Å². The molecule has 126 valence electrons. The fourth-order valence-electron chi connectivity index (χ4n) is 3.18. The molecule has 0 saturated carbocycles. The van der Waals surface area contributed by atoms with Crippen molar-refractivity contribution in [1.29, 1.82) is 0 Å². The van der Waals surface area contributed by atoms with Gasteiger partial charge in [0.1, 0.15) is 23.7 Å². The number of hydrogen-bond donors (Lipinski definition) is 1. The summed E-state index contributed by atoms with van der Waals surface area (Å²) >= 11 is 0. The molecule has 0 aromatic carbocycles. The van der Waals surface area contributed by atoms with Crippen LogP contribution in [0.25, 0.3) is 0 Å². The number of piperidine rings is 1. The second kappa shape index (κ2) is 7.33. The largest absolute Gasteiger partial charge is 0.356 e. The van der Waals surface area contributed by atoms with Crippen LogP contribution in [-0.4, -0.2) is 46.0 Å². The summed E-state index contributed by atoms with van der Waals surface area (Å²) in [6.45, 7) is 3.78. The Hall–Kier alpha value is -2.57. The third kappa shape index (κ3) is 3.84. The third-order valence-electron chi connectivity index (χ3n) is 4.26. The Morgan fingerprint density at radius 2 is 2.29 bits per heavy atom. The number of anilines is 1. The van der Waals surface area contributed by atoms with Gasteiger partial charge in [-0.3, -0.25) is 4.79 Å². The molecule has 0 radical (unpaired) electrons. The third-order valence-corrected chi connectivity index (χ3v) is 4.26. The van der Waals surface area contributed by atoms with Gasteiger partial charge in [-0.25, -0.2) is 19.9 Å². The molecular weight excluding hydrogens is 304 g/mol. The Balaban J connectivity index is 1.71. The van der Waals surface area contributed by atoms with Gasteiger partial charge < -0.3 is 10.2 Å². The van der Waals surface area contributed by atoms with Crippen LogP contribution in [0.2, 0.25) is 0 Å². The number of rotatable bonds is 4. The zero-order chi connectivity index (χ0) is 16.9. The molecule has 1 amide bonds. The fraction of sp³-hybridized carbons (Fsp3) is 0.471. The van der Waals surface area contributed by atoms with E-state index in [9.17, 15) is 4.79 Å². The molecule has 2 aromatic heterocycles. The van der Waals surface area contributed by atoms with Gasteiger partial charge in [0.05, 0.1) is 0 Å². The van der Waals surface area contributed by atoms with E-state index >= 15 is 0 Å². The molecule has 1 aliphatic rings. The highest BCUT2D eigenvalue weighted by Crippen LogP contribution is 2.23. The molecular formula is C17H22N6O. The molecule has 1 aliphatic heterocycles. The summed E-state index contributed by atoms with van der Waals surface area (Å²) in [6, 6.07) is 3.75. The van der Waals surface area contributed by atoms with Gasteiger partial charge in [-0.2, -0.15) is 0 Å². The first kappa shape index (κ1) is 16.3. The molecule has 7 nitrogen and oxygen atoms in total. The van der Waals surface area contributed by atoms with Crippen molar-refractivity contribution in [3.8, 4) is 0 Å². The molecule has 1 fully saturated rings. The average molecular weight is 326 g/mol. The zero-order valence-corrected chi connectivity index (χ0v) is 14.1. The zero-order valence-electron chi connectivity index (χ0n) is 14.1. The van der Waals surface area contributed by atoms with Crippen LogP contribution < -0.4 is 10.2 Å². The minimum Gasteiger partial charge on any atom is -0.356 e.